The highest BCUT2D eigenvalue weighted by atomic mass is 32.1. The first-order chi connectivity index (χ1) is 12.1. The van der Waals surface area contributed by atoms with Crippen LogP contribution >= 0.6 is 12.2 Å². The lowest BCUT2D eigenvalue weighted by atomic mass is 9.82. The summed E-state index contributed by atoms with van der Waals surface area (Å²) >= 11 is 5.65. The minimum absolute atomic E-state index is 0.239. The summed E-state index contributed by atoms with van der Waals surface area (Å²) < 4.78 is 13.1. The number of carbonyl (C=O) groups excluding carboxylic acids is 1. The maximum Gasteiger partial charge on any atom is 0.223 e. The van der Waals surface area contributed by atoms with E-state index in [4.69, 9.17) is 12.2 Å². The molecule has 2 saturated heterocycles. The molecule has 1 amide bonds. The van der Waals surface area contributed by atoms with E-state index in [1.807, 2.05) is 0 Å². The Hall–Kier alpha value is -1.69. The smallest absolute Gasteiger partial charge is 0.223 e. The van der Waals surface area contributed by atoms with E-state index in [1.165, 1.54) is 18.6 Å². The minimum atomic E-state index is -0.249. The minimum Gasteiger partial charge on any atom is -0.353 e. The van der Waals surface area contributed by atoms with Gasteiger partial charge in [-0.05, 0) is 81.4 Å². The number of halogens is 1. The molecule has 2 N–H and O–H groups in total. The topological polar surface area (TPSA) is 44.4 Å². The third-order valence-corrected chi connectivity index (χ3v) is 5.91. The van der Waals surface area contributed by atoms with Crippen LogP contribution in [0.2, 0.25) is 0 Å². The number of piperidine rings is 2. The summed E-state index contributed by atoms with van der Waals surface area (Å²) in [6.45, 7) is 0. The number of nitrogens with one attached hydrogen (secondary N) is 2. The van der Waals surface area contributed by atoms with Crippen molar-refractivity contribution in [2.45, 2.75) is 63.1 Å². The van der Waals surface area contributed by atoms with Crippen molar-refractivity contribution >= 4 is 28.9 Å². The van der Waals surface area contributed by atoms with Gasteiger partial charge < -0.3 is 15.5 Å². The summed E-state index contributed by atoms with van der Waals surface area (Å²) in [6.07, 6.45) is 7.44. The van der Waals surface area contributed by atoms with Crippen molar-refractivity contribution in [3.63, 3.8) is 0 Å². The van der Waals surface area contributed by atoms with Crippen molar-refractivity contribution in [3.05, 3.63) is 30.1 Å². The summed E-state index contributed by atoms with van der Waals surface area (Å²) in [4.78, 5) is 14.4. The van der Waals surface area contributed by atoms with Crippen LogP contribution in [0.3, 0.4) is 0 Å². The van der Waals surface area contributed by atoms with Gasteiger partial charge in [0, 0.05) is 29.7 Å². The number of nitrogens with zero attached hydrogens (tertiary/aromatic N) is 1. The molecule has 4 rings (SSSR count). The fraction of sp³-hybridized carbons (Fsp3) is 0.579. The van der Waals surface area contributed by atoms with Crippen LogP contribution in [0.15, 0.2) is 24.3 Å². The van der Waals surface area contributed by atoms with Crippen molar-refractivity contribution in [1.29, 1.82) is 0 Å². The van der Waals surface area contributed by atoms with Crippen LogP contribution in [0.1, 0.15) is 44.9 Å². The number of fused-ring (bicyclic) bond motifs is 2. The molecule has 2 heterocycles. The third kappa shape index (κ3) is 3.78. The molecular formula is C19H24FN3OS. The highest BCUT2D eigenvalue weighted by Gasteiger charge is 2.41. The second-order valence-electron chi connectivity index (χ2n) is 7.53. The molecule has 4 nitrogen and oxygen atoms in total. The largest absolute Gasteiger partial charge is 0.353 e. The number of hydrogen-bond donors (Lipinski definition) is 2. The summed E-state index contributed by atoms with van der Waals surface area (Å²) in [5, 5.41) is 7.22. The molecule has 3 fully saturated rings. The molecule has 1 unspecified atom stereocenters. The maximum atomic E-state index is 13.1. The van der Waals surface area contributed by atoms with Gasteiger partial charge in [0.05, 0.1) is 0 Å². The predicted molar refractivity (Wildman–Crippen MR) is 99.8 cm³/mol. The number of benzene rings is 1. The van der Waals surface area contributed by atoms with Gasteiger partial charge in [0.2, 0.25) is 5.91 Å². The SMILES string of the molecule is O=C(NC1C[C@H]2CCC[C@@H](C1)N2C(=S)Nc1ccc(F)cc1)C1CC1. The van der Waals surface area contributed by atoms with Gasteiger partial charge in [0.15, 0.2) is 5.11 Å². The Labute approximate surface area is 153 Å². The van der Waals surface area contributed by atoms with E-state index in [9.17, 15) is 9.18 Å². The number of rotatable bonds is 3. The lowest BCUT2D eigenvalue weighted by molar-refractivity contribution is -0.123. The fourth-order valence-corrected chi connectivity index (χ4v) is 4.63. The van der Waals surface area contributed by atoms with E-state index in [0.29, 0.717) is 17.2 Å². The first-order valence-electron chi connectivity index (χ1n) is 9.25. The van der Waals surface area contributed by atoms with Crippen molar-refractivity contribution in [2.75, 3.05) is 5.32 Å². The number of carbonyl (C=O) groups is 1. The first-order valence-corrected chi connectivity index (χ1v) is 9.66. The quantitative estimate of drug-likeness (QED) is 0.810. The van der Waals surface area contributed by atoms with Crippen LogP contribution in [0.5, 0.6) is 0 Å². The van der Waals surface area contributed by atoms with Crippen LogP contribution in [-0.2, 0) is 4.79 Å². The summed E-state index contributed by atoms with van der Waals surface area (Å²) in [7, 11) is 0. The molecule has 134 valence electrons. The van der Waals surface area contributed by atoms with Crippen LogP contribution in [0.25, 0.3) is 0 Å². The molecule has 3 atom stereocenters. The second kappa shape index (κ2) is 6.90. The fourth-order valence-electron chi connectivity index (χ4n) is 4.22. The van der Waals surface area contributed by atoms with Crippen molar-refractivity contribution in [3.8, 4) is 0 Å². The molecule has 3 aliphatic rings. The van der Waals surface area contributed by atoms with Crippen LogP contribution in [0, 0.1) is 11.7 Å². The Balaban J connectivity index is 1.40. The van der Waals surface area contributed by atoms with Crippen LogP contribution in [-0.4, -0.2) is 34.0 Å². The number of hydrogen-bond acceptors (Lipinski definition) is 2. The lowest BCUT2D eigenvalue weighted by Crippen LogP contribution is -2.59. The summed E-state index contributed by atoms with van der Waals surface area (Å²) in [5.41, 5.74) is 0.814. The van der Waals surface area contributed by atoms with Crippen molar-refractivity contribution in [2.24, 2.45) is 5.92 Å². The third-order valence-electron chi connectivity index (χ3n) is 5.60. The van der Waals surface area contributed by atoms with E-state index in [1.54, 1.807) is 12.1 Å². The second-order valence-corrected chi connectivity index (χ2v) is 7.92. The van der Waals surface area contributed by atoms with Crippen molar-refractivity contribution < 1.29 is 9.18 Å². The molecule has 0 spiro atoms. The van der Waals surface area contributed by atoms with Gasteiger partial charge in [0.25, 0.3) is 0 Å². The van der Waals surface area contributed by atoms with Gasteiger partial charge in [-0.25, -0.2) is 4.39 Å². The Bertz CT molecular complexity index is 647. The molecule has 25 heavy (non-hydrogen) atoms. The van der Waals surface area contributed by atoms with Crippen molar-refractivity contribution in [1.82, 2.24) is 10.2 Å². The summed E-state index contributed by atoms with van der Waals surface area (Å²) in [5.74, 6) is 0.253. The highest BCUT2D eigenvalue weighted by Crippen LogP contribution is 2.36. The molecular weight excluding hydrogens is 337 g/mol. The Morgan fingerprint density at radius 3 is 2.32 bits per heavy atom. The average Bonchev–Trinajstić information content (AvgIpc) is 3.41. The lowest BCUT2D eigenvalue weighted by Gasteiger charge is -2.50. The molecule has 1 saturated carbocycles. The standard InChI is InChI=1S/C19H24FN3OS/c20-13-6-8-14(9-7-13)22-19(25)23-16-2-1-3-17(23)11-15(10-16)21-18(24)12-4-5-12/h6-9,12,15-17H,1-5,10-11H2,(H,21,24)(H,22,25)/t15?,16-,17+. The number of anilines is 1. The highest BCUT2D eigenvalue weighted by molar-refractivity contribution is 7.80. The zero-order valence-corrected chi connectivity index (χ0v) is 15.0. The van der Waals surface area contributed by atoms with E-state index in [0.717, 1.165) is 44.2 Å². The van der Waals surface area contributed by atoms with Gasteiger partial charge in [-0.3, -0.25) is 4.79 Å². The molecule has 2 bridgehead atoms. The molecule has 1 aromatic carbocycles. The number of thiocarbonyl (C=S) groups is 1. The van der Waals surface area contributed by atoms with Gasteiger partial charge in [-0.1, -0.05) is 0 Å². The first kappa shape index (κ1) is 16.8. The molecule has 0 radical (unpaired) electrons. The summed E-state index contributed by atoms with van der Waals surface area (Å²) in [6, 6.07) is 7.31. The predicted octanol–water partition coefficient (Wildman–Crippen LogP) is 3.43. The van der Waals surface area contributed by atoms with Gasteiger partial charge in [-0.15, -0.1) is 0 Å². The van der Waals surface area contributed by atoms with E-state index in [-0.39, 0.29) is 23.7 Å². The van der Waals surface area contributed by atoms with E-state index < -0.39 is 0 Å². The van der Waals surface area contributed by atoms with Gasteiger partial charge in [-0.2, -0.15) is 0 Å². The Morgan fingerprint density at radius 2 is 1.72 bits per heavy atom. The monoisotopic (exact) mass is 361 g/mol. The Kier molecular flexibility index (Phi) is 4.63. The zero-order valence-electron chi connectivity index (χ0n) is 14.2. The zero-order chi connectivity index (χ0) is 17.4. The van der Waals surface area contributed by atoms with Crippen LogP contribution in [0.4, 0.5) is 10.1 Å². The van der Waals surface area contributed by atoms with Gasteiger partial charge >= 0.3 is 0 Å². The molecule has 2 aliphatic heterocycles. The molecule has 1 aromatic rings. The number of amides is 1. The molecule has 0 aromatic heterocycles. The Morgan fingerprint density at radius 1 is 1.08 bits per heavy atom. The molecule has 1 aliphatic carbocycles. The van der Waals surface area contributed by atoms with Gasteiger partial charge in [0.1, 0.15) is 5.82 Å². The van der Waals surface area contributed by atoms with Crippen LogP contribution < -0.4 is 10.6 Å². The average molecular weight is 361 g/mol. The normalized spacial score (nSPS) is 28.4. The van der Waals surface area contributed by atoms with E-state index in [2.05, 4.69) is 15.5 Å². The molecule has 6 heteroatoms. The van der Waals surface area contributed by atoms with E-state index >= 15 is 0 Å². The maximum absolute atomic E-state index is 13.1.